The molecule has 4 aromatic rings. The van der Waals surface area contributed by atoms with Crippen LogP contribution >= 0.6 is 0 Å². The van der Waals surface area contributed by atoms with Gasteiger partial charge in [-0.2, -0.15) is 16.8 Å². The molecule has 0 unspecified atom stereocenters. The van der Waals surface area contributed by atoms with Gasteiger partial charge in [-0.25, -0.2) is 0 Å². The number of hydrogen-bond acceptors (Lipinski definition) is 6. The highest BCUT2D eigenvalue weighted by Gasteiger charge is 2.20. The molecule has 0 aliphatic carbocycles. The minimum Gasteiger partial charge on any atom is -0.507 e. The van der Waals surface area contributed by atoms with Gasteiger partial charge in [0.1, 0.15) is 10.6 Å². The average Bonchev–Trinajstić information content (AvgIpc) is 2.67. The summed E-state index contributed by atoms with van der Waals surface area (Å²) in [5, 5.41) is 11.8. The largest absolute Gasteiger partial charge is 0.507 e. The van der Waals surface area contributed by atoms with Crippen molar-refractivity contribution in [3.63, 3.8) is 0 Å². The molecule has 0 bridgehead atoms. The molecule has 4 aromatic carbocycles. The number of fused-ring (bicyclic) bond motifs is 2. The van der Waals surface area contributed by atoms with Crippen molar-refractivity contribution in [2.45, 2.75) is 9.79 Å². The molecule has 0 saturated heterocycles. The Balaban J connectivity index is 1.82. The summed E-state index contributed by atoms with van der Waals surface area (Å²) in [5.74, 6) is -0.258. The zero-order valence-corrected chi connectivity index (χ0v) is 16.3. The highest BCUT2D eigenvalue weighted by molar-refractivity contribution is 7.87. The van der Waals surface area contributed by atoms with E-state index in [0.29, 0.717) is 5.39 Å². The number of rotatable bonds is 4. The molecule has 0 amide bonds. The molecule has 0 fully saturated rings. The second-order valence-corrected chi connectivity index (χ2v) is 9.28. The van der Waals surface area contributed by atoms with Crippen LogP contribution in [-0.4, -0.2) is 26.5 Å². The second kappa shape index (κ2) is 6.73. The van der Waals surface area contributed by atoms with Gasteiger partial charge in [0.2, 0.25) is 0 Å². The Labute approximate surface area is 166 Å². The lowest BCUT2D eigenvalue weighted by molar-refractivity contribution is 0.471. The molecule has 4 rings (SSSR count). The quantitative estimate of drug-likeness (QED) is 0.374. The number of phenols is 1. The lowest BCUT2D eigenvalue weighted by atomic mass is 10.1. The molecule has 0 aromatic heterocycles. The van der Waals surface area contributed by atoms with Crippen molar-refractivity contribution in [2.24, 2.45) is 0 Å². The normalized spacial score (nSPS) is 12.3. The van der Waals surface area contributed by atoms with Crippen molar-refractivity contribution in [2.75, 3.05) is 0 Å². The van der Waals surface area contributed by atoms with Crippen LogP contribution in [0.1, 0.15) is 0 Å². The van der Waals surface area contributed by atoms with Crippen LogP contribution in [0.25, 0.3) is 21.5 Å². The summed E-state index contributed by atoms with van der Waals surface area (Å²) in [4.78, 5) is -0.781. The van der Waals surface area contributed by atoms with E-state index in [-0.39, 0.29) is 21.4 Å². The third kappa shape index (κ3) is 3.63. The predicted octanol–water partition coefficient (Wildman–Crippen LogP) is 3.71. The van der Waals surface area contributed by atoms with Crippen LogP contribution in [0.15, 0.2) is 82.6 Å². The molecular weight excluding hydrogens is 416 g/mol. The van der Waals surface area contributed by atoms with E-state index in [9.17, 15) is 26.5 Å². The van der Waals surface area contributed by atoms with Gasteiger partial charge < -0.3 is 9.29 Å². The van der Waals surface area contributed by atoms with Gasteiger partial charge in [-0.1, -0.05) is 36.4 Å². The summed E-state index contributed by atoms with van der Waals surface area (Å²) in [6.45, 7) is 0. The van der Waals surface area contributed by atoms with Crippen molar-refractivity contribution in [1.29, 1.82) is 0 Å². The third-order valence-corrected chi connectivity index (χ3v) is 6.47. The summed E-state index contributed by atoms with van der Waals surface area (Å²) < 4.78 is 62.9. The Morgan fingerprint density at radius 2 is 1.38 bits per heavy atom. The van der Waals surface area contributed by atoms with Crippen molar-refractivity contribution in [3.05, 3.63) is 72.8 Å². The summed E-state index contributed by atoms with van der Waals surface area (Å²) in [6.07, 6.45) is 0. The van der Waals surface area contributed by atoms with Crippen molar-refractivity contribution >= 4 is 41.8 Å². The van der Waals surface area contributed by atoms with Gasteiger partial charge in [-0.3, -0.25) is 4.55 Å². The van der Waals surface area contributed by atoms with E-state index >= 15 is 0 Å². The maximum atomic E-state index is 12.8. The minimum absolute atomic E-state index is 0.111. The Hall–Kier alpha value is -3.14. The van der Waals surface area contributed by atoms with Crippen LogP contribution < -0.4 is 4.18 Å². The number of benzene rings is 4. The summed E-state index contributed by atoms with van der Waals surface area (Å²) in [7, 11) is -8.83. The zero-order valence-electron chi connectivity index (χ0n) is 14.7. The number of aromatic hydroxyl groups is 1. The van der Waals surface area contributed by atoms with Crippen LogP contribution in [0.5, 0.6) is 11.5 Å². The Morgan fingerprint density at radius 1 is 0.690 bits per heavy atom. The smallest absolute Gasteiger partial charge is 0.339 e. The Morgan fingerprint density at radius 3 is 2.14 bits per heavy atom. The van der Waals surface area contributed by atoms with Gasteiger partial charge in [0.05, 0.1) is 4.90 Å². The molecule has 7 nitrogen and oxygen atoms in total. The second-order valence-electron chi connectivity index (χ2n) is 6.32. The van der Waals surface area contributed by atoms with E-state index in [1.807, 2.05) is 18.2 Å². The lowest BCUT2D eigenvalue weighted by Gasteiger charge is -2.11. The summed E-state index contributed by atoms with van der Waals surface area (Å²) >= 11 is 0. The maximum Gasteiger partial charge on any atom is 0.339 e. The Bertz CT molecular complexity index is 1470. The molecule has 0 aliphatic heterocycles. The first-order valence-electron chi connectivity index (χ1n) is 8.32. The minimum atomic E-state index is -4.58. The highest BCUT2D eigenvalue weighted by atomic mass is 32.2. The molecule has 148 valence electrons. The van der Waals surface area contributed by atoms with E-state index < -0.39 is 30.9 Å². The van der Waals surface area contributed by atoms with Crippen molar-refractivity contribution in [1.82, 2.24) is 0 Å². The van der Waals surface area contributed by atoms with Crippen LogP contribution in [0.4, 0.5) is 0 Å². The van der Waals surface area contributed by atoms with E-state index in [4.69, 9.17) is 4.18 Å². The Kier molecular flexibility index (Phi) is 4.45. The van der Waals surface area contributed by atoms with Gasteiger partial charge in [-0.15, -0.1) is 0 Å². The zero-order chi connectivity index (χ0) is 20.8. The van der Waals surface area contributed by atoms with Crippen LogP contribution in [0.3, 0.4) is 0 Å². The number of phenolic OH excluding ortho intramolecular Hbond substituents is 1. The van der Waals surface area contributed by atoms with Crippen LogP contribution in [0.2, 0.25) is 0 Å². The average molecular weight is 430 g/mol. The monoisotopic (exact) mass is 430 g/mol. The molecule has 0 saturated carbocycles. The first-order valence-corrected chi connectivity index (χ1v) is 11.2. The van der Waals surface area contributed by atoms with Crippen LogP contribution in [-0.2, 0) is 20.2 Å². The van der Waals surface area contributed by atoms with Gasteiger partial charge in [0, 0.05) is 16.8 Å². The van der Waals surface area contributed by atoms with Gasteiger partial charge in [0.15, 0.2) is 5.75 Å². The molecule has 0 aliphatic rings. The summed E-state index contributed by atoms with van der Waals surface area (Å²) in [6, 6.07) is 17.9. The van der Waals surface area contributed by atoms with Gasteiger partial charge >= 0.3 is 10.1 Å². The first-order chi connectivity index (χ1) is 13.6. The van der Waals surface area contributed by atoms with Crippen molar-refractivity contribution < 1.29 is 30.7 Å². The van der Waals surface area contributed by atoms with Gasteiger partial charge in [0.25, 0.3) is 10.1 Å². The third-order valence-electron chi connectivity index (χ3n) is 4.41. The molecule has 2 N–H and O–H groups in total. The lowest BCUT2D eigenvalue weighted by Crippen LogP contribution is -2.10. The fraction of sp³-hybridized carbons (Fsp3) is 0. The fourth-order valence-electron chi connectivity index (χ4n) is 3.04. The molecule has 9 heteroatoms. The van der Waals surface area contributed by atoms with Crippen molar-refractivity contribution in [3.8, 4) is 11.5 Å². The molecular formula is C20H14O7S2. The van der Waals surface area contributed by atoms with E-state index in [0.717, 1.165) is 17.5 Å². The van der Waals surface area contributed by atoms with Crippen LogP contribution in [0, 0.1) is 0 Å². The van der Waals surface area contributed by atoms with E-state index in [1.54, 1.807) is 18.2 Å². The van der Waals surface area contributed by atoms with Gasteiger partial charge in [-0.05, 0) is 41.1 Å². The topological polar surface area (TPSA) is 118 Å². The molecule has 0 spiro atoms. The van der Waals surface area contributed by atoms with E-state index in [2.05, 4.69) is 0 Å². The highest BCUT2D eigenvalue weighted by Crippen LogP contribution is 2.32. The summed E-state index contributed by atoms with van der Waals surface area (Å²) in [5.41, 5.74) is 0. The predicted molar refractivity (Wildman–Crippen MR) is 107 cm³/mol. The molecule has 0 atom stereocenters. The number of hydrogen-bond donors (Lipinski definition) is 2. The SMILES string of the molecule is O=S(=O)(O)c1cc(O)c2ccc(S(=O)(=O)Oc3cccc4ccccc34)cc2c1. The fourth-order valence-corrected chi connectivity index (χ4v) is 4.56. The van der Waals surface area contributed by atoms with E-state index in [1.165, 1.54) is 24.3 Å². The standard InChI is InChI=1S/C20H14O7S2/c21-19-12-16(28(22,23)24)11-14-10-15(8-9-17(14)19)29(25,26)27-20-7-3-5-13-4-1-2-6-18(13)20/h1-12,21H,(H,22,23,24). The first kappa shape index (κ1) is 19.2. The maximum absolute atomic E-state index is 12.8. The molecule has 0 heterocycles. The molecule has 29 heavy (non-hydrogen) atoms. The molecule has 0 radical (unpaired) electrons.